The minimum Gasteiger partial charge on any atom is -0.351 e. The zero-order valence-corrected chi connectivity index (χ0v) is 18.8. The molecule has 0 radical (unpaired) electrons. The number of carbonyl (C=O) groups excluding carboxylic acids is 2. The Labute approximate surface area is 193 Å². The van der Waals surface area contributed by atoms with Crippen LogP contribution >= 0.6 is 24.8 Å². The number of pyridine rings is 1. The van der Waals surface area contributed by atoms with Crippen LogP contribution in [0.1, 0.15) is 50.7 Å². The second-order valence-electron chi connectivity index (χ2n) is 7.43. The molecule has 1 aromatic heterocycles. The number of anilines is 1. The quantitative estimate of drug-likeness (QED) is 0.513. The summed E-state index contributed by atoms with van der Waals surface area (Å²) in [5.41, 5.74) is 9.77. The van der Waals surface area contributed by atoms with E-state index in [1.807, 2.05) is 31.2 Å². The van der Waals surface area contributed by atoms with Gasteiger partial charge in [0.05, 0.1) is 22.3 Å². The van der Waals surface area contributed by atoms with E-state index in [2.05, 4.69) is 10.6 Å². The Kier molecular flexibility index (Phi) is 8.39. The first-order valence-electron chi connectivity index (χ1n) is 9.87. The molecule has 8 heteroatoms. The predicted molar refractivity (Wildman–Crippen MR) is 129 cm³/mol. The van der Waals surface area contributed by atoms with Gasteiger partial charge >= 0.3 is 0 Å². The summed E-state index contributed by atoms with van der Waals surface area (Å²) in [7, 11) is 0. The maximum Gasteiger partial charge on any atom is 0.256 e. The van der Waals surface area contributed by atoms with E-state index >= 15 is 0 Å². The van der Waals surface area contributed by atoms with Crippen molar-refractivity contribution in [3.05, 3.63) is 70.9 Å². The SMILES string of the molecule is Cc1ccc2nc(C3CC3)cc(C(=O)Nc3ccccc3C(=O)NCCN)c2c1.Cl.Cl. The van der Waals surface area contributed by atoms with Crippen LogP contribution in [0.25, 0.3) is 10.9 Å². The van der Waals surface area contributed by atoms with Gasteiger partial charge in [-0.1, -0.05) is 23.8 Å². The summed E-state index contributed by atoms with van der Waals surface area (Å²) in [6.07, 6.45) is 2.21. The molecule has 6 nitrogen and oxygen atoms in total. The topological polar surface area (TPSA) is 97.1 Å². The van der Waals surface area contributed by atoms with Gasteiger partial charge in [0.15, 0.2) is 0 Å². The fourth-order valence-corrected chi connectivity index (χ4v) is 3.40. The number of amides is 2. The van der Waals surface area contributed by atoms with Crippen molar-refractivity contribution in [2.45, 2.75) is 25.7 Å². The predicted octanol–water partition coefficient (Wildman–Crippen LogP) is 4.21. The van der Waals surface area contributed by atoms with E-state index < -0.39 is 0 Å². The Bertz CT molecular complexity index is 1100. The van der Waals surface area contributed by atoms with Crippen molar-refractivity contribution in [1.82, 2.24) is 10.3 Å². The molecule has 164 valence electrons. The van der Waals surface area contributed by atoms with Crippen LogP contribution in [0.4, 0.5) is 5.69 Å². The maximum absolute atomic E-state index is 13.2. The normalized spacial score (nSPS) is 12.5. The van der Waals surface area contributed by atoms with E-state index in [0.717, 1.165) is 35.0 Å². The molecule has 4 rings (SSSR count). The van der Waals surface area contributed by atoms with E-state index in [1.54, 1.807) is 24.3 Å². The third-order valence-electron chi connectivity index (χ3n) is 5.07. The molecule has 1 saturated carbocycles. The highest BCUT2D eigenvalue weighted by atomic mass is 35.5. The summed E-state index contributed by atoms with van der Waals surface area (Å²) in [5.74, 6) is -0.0778. The minimum atomic E-state index is -0.263. The van der Waals surface area contributed by atoms with Gasteiger partial charge in [0.1, 0.15) is 0 Å². The van der Waals surface area contributed by atoms with Gasteiger partial charge in [0, 0.05) is 30.1 Å². The molecule has 0 saturated heterocycles. The lowest BCUT2D eigenvalue weighted by molar-refractivity contribution is 0.0955. The van der Waals surface area contributed by atoms with Gasteiger partial charge in [0.2, 0.25) is 0 Å². The van der Waals surface area contributed by atoms with Crippen LogP contribution in [0, 0.1) is 6.92 Å². The number of hydrogen-bond donors (Lipinski definition) is 3. The van der Waals surface area contributed by atoms with E-state index in [0.29, 0.717) is 35.8 Å². The monoisotopic (exact) mass is 460 g/mol. The van der Waals surface area contributed by atoms with Gasteiger partial charge in [-0.25, -0.2) is 0 Å². The van der Waals surface area contributed by atoms with Crippen LogP contribution in [0.5, 0.6) is 0 Å². The average molecular weight is 461 g/mol. The highest BCUT2D eigenvalue weighted by Gasteiger charge is 2.27. The standard InChI is InChI=1S/C23H24N4O2.2ClH/c1-14-6-9-20-17(12-14)18(13-21(26-20)15-7-8-15)23(29)27-19-5-3-2-4-16(19)22(28)25-11-10-24;;/h2-6,9,12-13,15H,7-8,10-11,24H2,1H3,(H,25,28)(H,27,29);2*1H. The molecule has 31 heavy (non-hydrogen) atoms. The number of carbonyl (C=O) groups is 2. The van der Waals surface area contributed by atoms with Crippen molar-refractivity contribution in [1.29, 1.82) is 0 Å². The van der Waals surface area contributed by atoms with Gasteiger partial charge in [-0.2, -0.15) is 0 Å². The number of rotatable bonds is 6. The number of nitrogens with zero attached hydrogens (tertiary/aromatic N) is 1. The number of aromatic nitrogens is 1. The molecule has 0 bridgehead atoms. The molecule has 0 spiro atoms. The number of fused-ring (bicyclic) bond motifs is 1. The Morgan fingerprint density at radius 1 is 1.03 bits per heavy atom. The van der Waals surface area contributed by atoms with Crippen LogP contribution in [0.15, 0.2) is 48.5 Å². The molecule has 0 aliphatic heterocycles. The molecule has 0 atom stereocenters. The van der Waals surface area contributed by atoms with Crippen molar-refractivity contribution in [3.8, 4) is 0 Å². The first kappa shape index (κ1) is 24.6. The molecule has 1 fully saturated rings. The number of hydrogen-bond acceptors (Lipinski definition) is 4. The molecule has 4 N–H and O–H groups in total. The summed E-state index contributed by atoms with van der Waals surface area (Å²) in [5, 5.41) is 6.49. The molecule has 1 aliphatic rings. The molecule has 2 amide bonds. The molecule has 3 aromatic rings. The summed E-state index contributed by atoms with van der Waals surface area (Å²) in [4.78, 5) is 30.4. The van der Waals surface area contributed by atoms with Gasteiger partial charge in [-0.15, -0.1) is 24.8 Å². The van der Waals surface area contributed by atoms with E-state index in [-0.39, 0.29) is 36.6 Å². The first-order chi connectivity index (χ1) is 14.1. The number of benzene rings is 2. The molecular weight excluding hydrogens is 435 g/mol. The molecule has 1 aliphatic carbocycles. The summed E-state index contributed by atoms with van der Waals surface area (Å²) in [6, 6.07) is 14.8. The summed E-state index contributed by atoms with van der Waals surface area (Å²) >= 11 is 0. The maximum atomic E-state index is 13.2. The summed E-state index contributed by atoms with van der Waals surface area (Å²) < 4.78 is 0. The number of para-hydroxylation sites is 1. The van der Waals surface area contributed by atoms with Gasteiger partial charge in [-0.05, 0) is 50.1 Å². The Morgan fingerprint density at radius 3 is 2.48 bits per heavy atom. The Balaban J connectivity index is 0.00000171. The zero-order valence-electron chi connectivity index (χ0n) is 17.2. The van der Waals surface area contributed by atoms with Crippen molar-refractivity contribution in [3.63, 3.8) is 0 Å². The van der Waals surface area contributed by atoms with Crippen LogP contribution in [-0.2, 0) is 0 Å². The fraction of sp³-hybridized carbons (Fsp3) is 0.261. The number of nitrogens with one attached hydrogen (secondary N) is 2. The third-order valence-corrected chi connectivity index (χ3v) is 5.07. The second-order valence-corrected chi connectivity index (χ2v) is 7.43. The molecule has 1 heterocycles. The Hall–Kier alpha value is -2.67. The van der Waals surface area contributed by atoms with Crippen LogP contribution in [-0.4, -0.2) is 29.9 Å². The van der Waals surface area contributed by atoms with Crippen molar-refractivity contribution in [2.75, 3.05) is 18.4 Å². The average Bonchev–Trinajstić information content (AvgIpc) is 3.57. The van der Waals surface area contributed by atoms with E-state index in [9.17, 15) is 9.59 Å². The van der Waals surface area contributed by atoms with Crippen molar-refractivity contribution < 1.29 is 9.59 Å². The van der Waals surface area contributed by atoms with E-state index in [4.69, 9.17) is 10.7 Å². The van der Waals surface area contributed by atoms with Crippen LogP contribution in [0.3, 0.4) is 0 Å². The fourth-order valence-electron chi connectivity index (χ4n) is 3.40. The van der Waals surface area contributed by atoms with Gasteiger partial charge in [-0.3, -0.25) is 14.6 Å². The Morgan fingerprint density at radius 2 is 1.77 bits per heavy atom. The van der Waals surface area contributed by atoms with Crippen molar-refractivity contribution in [2.24, 2.45) is 5.73 Å². The van der Waals surface area contributed by atoms with Gasteiger partial charge < -0.3 is 16.4 Å². The lowest BCUT2D eigenvalue weighted by atomic mass is 10.0. The molecular formula is C23H26Cl2N4O2. The smallest absolute Gasteiger partial charge is 0.256 e. The highest BCUT2D eigenvalue weighted by Crippen LogP contribution is 2.40. The van der Waals surface area contributed by atoms with Crippen LogP contribution in [0.2, 0.25) is 0 Å². The molecule has 0 unspecified atom stereocenters. The highest BCUT2D eigenvalue weighted by molar-refractivity contribution is 6.14. The van der Waals surface area contributed by atoms with Crippen molar-refractivity contribution >= 4 is 53.2 Å². The minimum absolute atomic E-state index is 0. The number of halogens is 2. The number of nitrogens with two attached hydrogens (primary N) is 1. The second kappa shape index (κ2) is 10.6. The zero-order chi connectivity index (χ0) is 20.4. The lowest BCUT2D eigenvalue weighted by Gasteiger charge is -2.13. The molecule has 2 aromatic carbocycles. The largest absolute Gasteiger partial charge is 0.351 e. The van der Waals surface area contributed by atoms with Crippen LogP contribution < -0.4 is 16.4 Å². The number of aryl methyl sites for hydroxylation is 1. The summed E-state index contributed by atoms with van der Waals surface area (Å²) in [6.45, 7) is 2.72. The first-order valence-corrected chi connectivity index (χ1v) is 9.87. The van der Waals surface area contributed by atoms with Gasteiger partial charge in [0.25, 0.3) is 11.8 Å². The third kappa shape index (κ3) is 5.53. The lowest BCUT2D eigenvalue weighted by Crippen LogP contribution is -2.30. The van der Waals surface area contributed by atoms with E-state index in [1.165, 1.54) is 0 Å².